The van der Waals surface area contributed by atoms with E-state index < -0.39 is 10.0 Å². The summed E-state index contributed by atoms with van der Waals surface area (Å²) in [5.41, 5.74) is 0. The number of rotatable bonds is 5. The summed E-state index contributed by atoms with van der Waals surface area (Å²) in [4.78, 5) is 25.6. The van der Waals surface area contributed by atoms with Crippen LogP contribution in [0.2, 0.25) is 0 Å². The molecule has 0 bridgehead atoms. The zero-order valence-corrected chi connectivity index (χ0v) is 14.9. The van der Waals surface area contributed by atoms with Crippen LogP contribution in [0.5, 0.6) is 0 Å². The second-order valence-electron chi connectivity index (χ2n) is 6.53. The van der Waals surface area contributed by atoms with Gasteiger partial charge in [-0.3, -0.25) is 9.59 Å². The van der Waals surface area contributed by atoms with E-state index in [0.29, 0.717) is 19.0 Å². The van der Waals surface area contributed by atoms with Crippen LogP contribution in [0.3, 0.4) is 0 Å². The lowest BCUT2D eigenvalue weighted by Gasteiger charge is -2.33. The number of hydrogen-bond donors (Lipinski definition) is 0. The minimum atomic E-state index is -3.54. The number of carbonyl (C=O) groups excluding carboxylic acids is 2. The van der Waals surface area contributed by atoms with Crippen molar-refractivity contribution in [2.45, 2.75) is 18.2 Å². The summed E-state index contributed by atoms with van der Waals surface area (Å²) in [6, 6.07) is 8.25. The van der Waals surface area contributed by atoms with Crippen LogP contribution in [0.25, 0.3) is 0 Å². The Kier molecular flexibility index (Phi) is 5.10. The molecule has 2 atom stereocenters. The van der Waals surface area contributed by atoms with E-state index >= 15 is 0 Å². The number of nitrogens with zero attached hydrogens (tertiary/aromatic N) is 2. The molecule has 8 heteroatoms. The van der Waals surface area contributed by atoms with E-state index in [1.165, 1.54) is 4.31 Å². The number of benzene rings is 1. The van der Waals surface area contributed by atoms with Gasteiger partial charge in [-0.1, -0.05) is 25.1 Å². The average molecular weight is 366 g/mol. The van der Waals surface area contributed by atoms with E-state index in [9.17, 15) is 18.0 Å². The van der Waals surface area contributed by atoms with Crippen LogP contribution in [-0.4, -0.2) is 62.3 Å². The third-order valence-corrected chi connectivity index (χ3v) is 6.64. The highest BCUT2D eigenvalue weighted by Gasteiger charge is 2.41. The molecule has 1 amide bonds. The van der Waals surface area contributed by atoms with Gasteiger partial charge in [-0.2, -0.15) is 4.31 Å². The number of ether oxygens (including phenoxy) is 1. The lowest BCUT2D eigenvalue weighted by molar-refractivity contribution is -0.153. The first kappa shape index (κ1) is 17.9. The molecule has 25 heavy (non-hydrogen) atoms. The quantitative estimate of drug-likeness (QED) is 0.717. The van der Waals surface area contributed by atoms with Crippen LogP contribution >= 0.6 is 0 Å². The molecule has 0 spiro atoms. The Labute approximate surface area is 147 Å². The highest BCUT2D eigenvalue weighted by molar-refractivity contribution is 7.89. The summed E-state index contributed by atoms with van der Waals surface area (Å²) in [6.45, 7) is 2.76. The molecule has 2 aliphatic rings. The van der Waals surface area contributed by atoms with Gasteiger partial charge in [0.1, 0.15) is 0 Å². The zero-order chi connectivity index (χ0) is 18.0. The van der Waals surface area contributed by atoms with Crippen molar-refractivity contribution >= 4 is 21.9 Å². The third-order valence-electron chi connectivity index (χ3n) is 4.72. The van der Waals surface area contributed by atoms with Crippen molar-refractivity contribution in [3.63, 3.8) is 0 Å². The molecule has 0 aromatic heterocycles. The fourth-order valence-corrected chi connectivity index (χ4v) is 4.34. The molecule has 1 aliphatic heterocycles. The average Bonchev–Trinajstić information content (AvgIpc) is 3.37. The summed E-state index contributed by atoms with van der Waals surface area (Å²) in [5.74, 6) is -0.320. The van der Waals surface area contributed by atoms with Crippen molar-refractivity contribution in [1.29, 1.82) is 0 Å². The van der Waals surface area contributed by atoms with E-state index in [0.717, 1.165) is 6.42 Å². The summed E-state index contributed by atoms with van der Waals surface area (Å²) in [5, 5.41) is 0. The second-order valence-corrected chi connectivity index (χ2v) is 8.46. The number of hydrogen-bond acceptors (Lipinski definition) is 5. The van der Waals surface area contributed by atoms with Gasteiger partial charge in [-0.05, 0) is 24.5 Å². The molecular weight excluding hydrogens is 344 g/mol. The lowest BCUT2D eigenvalue weighted by Crippen LogP contribution is -2.51. The summed E-state index contributed by atoms with van der Waals surface area (Å²) >= 11 is 0. The summed E-state index contributed by atoms with van der Waals surface area (Å²) in [6.07, 6.45) is 0.822. The first-order valence-corrected chi connectivity index (χ1v) is 9.83. The van der Waals surface area contributed by atoms with Gasteiger partial charge >= 0.3 is 5.97 Å². The minimum Gasteiger partial charge on any atom is -0.455 e. The molecule has 3 rings (SSSR count). The molecule has 1 aromatic rings. The Balaban J connectivity index is 1.50. The normalized spacial score (nSPS) is 24.0. The molecule has 136 valence electrons. The van der Waals surface area contributed by atoms with E-state index in [2.05, 4.69) is 0 Å². The van der Waals surface area contributed by atoms with Crippen LogP contribution in [0, 0.1) is 11.8 Å². The second kappa shape index (κ2) is 7.13. The number of sulfonamides is 1. The maximum absolute atomic E-state index is 12.5. The molecule has 0 radical (unpaired) electrons. The van der Waals surface area contributed by atoms with Crippen LogP contribution in [0.1, 0.15) is 13.3 Å². The highest BCUT2D eigenvalue weighted by atomic mass is 32.2. The maximum atomic E-state index is 12.5. The van der Waals surface area contributed by atoms with Crippen molar-refractivity contribution in [3.05, 3.63) is 30.3 Å². The van der Waals surface area contributed by atoms with Gasteiger partial charge in [0, 0.05) is 26.2 Å². The number of amides is 1. The van der Waals surface area contributed by atoms with Crippen LogP contribution < -0.4 is 0 Å². The van der Waals surface area contributed by atoms with Gasteiger partial charge in [0.05, 0.1) is 10.8 Å². The first-order valence-electron chi connectivity index (χ1n) is 8.39. The number of esters is 1. The predicted octanol–water partition coefficient (Wildman–Crippen LogP) is 0.719. The SMILES string of the molecule is C[C@H]1C[C@H]1C(=O)OCC(=O)N1CCN(S(=O)(=O)c2ccccc2)CC1. The molecule has 1 aromatic carbocycles. The largest absolute Gasteiger partial charge is 0.455 e. The number of carbonyl (C=O) groups is 2. The Morgan fingerprint density at radius 1 is 1.12 bits per heavy atom. The van der Waals surface area contributed by atoms with E-state index in [1.807, 2.05) is 6.92 Å². The van der Waals surface area contributed by atoms with Gasteiger partial charge in [0.25, 0.3) is 5.91 Å². The predicted molar refractivity (Wildman–Crippen MR) is 90.0 cm³/mol. The van der Waals surface area contributed by atoms with Gasteiger partial charge in [-0.15, -0.1) is 0 Å². The Hall–Kier alpha value is -1.93. The number of piperazine rings is 1. The summed E-state index contributed by atoms with van der Waals surface area (Å²) < 4.78 is 31.5. The monoisotopic (exact) mass is 366 g/mol. The molecule has 1 saturated heterocycles. The van der Waals surface area contributed by atoms with Crippen LogP contribution in [0.4, 0.5) is 0 Å². The van der Waals surface area contributed by atoms with E-state index in [1.54, 1.807) is 35.2 Å². The third kappa shape index (κ3) is 4.01. The lowest BCUT2D eigenvalue weighted by atomic mass is 10.3. The molecule has 1 heterocycles. The first-order chi connectivity index (χ1) is 11.9. The van der Waals surface area contributed by atoms with Crippen molar-refractivity contribution < 1.29 is 22.7 Å². The van der Waals surface area contributed by atoms with Crippen molar-refractivity contribution in [3.8, 4) is 0 Å². The van der Waals surface area contributed by atoms with Gasteiger partial charge < -0.3 is 9.64 Å². The van der Waals surface area contributed by atoms with Crippen LogP contribution in [-0.2, 0) is 24.3 Å². The standard InChI is InChI=1S/C17H22N2O5S/c1-13-11-15(13)17(21)24-12-16(20)18-7-9-19(10-8-18)25(22,23)14-5-3-2-4-6-14/h2-6,13,15H,7-12H2,1H3/t13-,15+/m0/s1. The van der Waals surface area contributed by atoms with Gasteiger partial charge in [-0.25, -0.2) is 8.42 Å². The maximum Gasteiger partial charge on any atom is 0.309 e. The van der Waals surface area contributed by atoms with Crippen molar-refractivity contribution in [1.82, 2.24) is 9.21 Å². The Morgan fingerprint density at radius 3 is 2.28 bits per heavy atom. The van der Waals surface area contributed by atoms with Gasteiger partial charge in [0.2, 0.25) is 10.0 Å². The smallest absolute Gasteiger partial charge is 0.309 e. The molecule has 1 aliphatic carbocycles. The highest BCUT2D eigenvalue weighted by Crippen LogP contribution is 2.38. The molecule has 0 unspecified atom stereocenters. The van der Waals surface area contributed by atoms with Crippen molar-refractivity contribution in [2.75, 3.05) is 32.8 Å². The zero-order valence-electron chi connectivity index (χ0n) is 14.1. The Morgan fingerprint density at radius 2 is 1.72 bits per heavy atom. The minimum absolute atomic E-state index is 0.0688. The van der Waals surface area contributed by atoms with Crippen LogP contribution in [0.15, 0.2) is 35.2 Å². The van der Waals surface area contributed by atoms with Crippen molar-refractivity contribution in [2.24, 2.45) is 11.8 Å². The fourth-order valence-electron chi connectivity index (χ4n) is 2.90. The Bertz CT molecular complexity index is 742. The fraction of sp³-hybridized carbons (Fsp3) is 0.529. The molecule has 2 fully saturated rings. The van der Waals surface area contributed by atoms with E-state index in [4.69, 9.17) is 4.74 Å². The topological polar surface area (TPSA) is 84.0 Å². The molecule has 0 N–H and O–H groups in total. The van der Waals surface area contributed by atoms with E-state index in [-0.39, 0.29) is 42.4 Å². The molecule has 1 saturated carbocycles. The van der Waals surface area contributed by atoms with Gasteiger partial charge in [0.15, 0.2) is 6.61 Å². The molecular formula is C17H22N2O5S. The molecule has 7 nitrogen and oxygen atoms in total. The summed E-state index contributed by atoms with van der Waals surface area (Å²) in [7, 11) is -3.54.